The molecule has 0 radical (unpaired) electrons. The molecule has 0 spiro atoms. The van der Waals surface area contributed by atoms with Gasteiger partial charge in [-0.2, -0.15) is 5.26 Å². The van der Waals surface area contributed by atoms with Gasteiger partial charge in [0.05, 0.1) is 23.9 Å². The van der Waals surface area contributed by atoms with Crippen LogP contribution in [0.2, 0.25) is 0 Å². The monoisotopic (exact) mass is 282 g/mol. The van der Waals surface area contributed by atoms with E-state index in [0.717, 1.165) is 21.9 Å². The molecule has 3 rings (SSSR count). The second-order valence-electron chi connectivity index (χ2n) is 4.91. The molecule has 0 aliphatic heterocycles. The third kappa shape index (κ3) is 1.98. The van der Waals surface area contributed by atoms with Gasteiger partial charge in [0.2, 0.25) is 0 Å². The summed E-state index contributed by atoms with van der Waals surface area (Å²) in [6.45, 7) is 4.31. The summed E-state index contributed by atoms with van der Waals surface area (Å²) >= 11 is 1.62. The molecule has 0 atom stereocenters. The van der Waals surface area contributed by atoms with Crippen molar-refractivity contribution in [1.82, 2.24) is 14.4 Å². The zero-order valence-corrected chi connectivity index (χ0v) is 12.2. The van der Waals surface area contributed by atoms with Gasteiger partial charge in [-0.1, -0.05) is 13.8 Å². The molecule has 0 aromatic carbocycles. The van der Waals surface area contributed by atoms with Crippen molar-refractivity contribution in [3.63, 3.8) is 0 Å². The first-order valence-electron chi connectivity index (χ1n) is 6.48. The van der Waals surface area contributed by atoms with Crippen molar-refractivity contribution in [2.45, 2.75) is 26.2 Å². The highest BCUT2D eigenvalue weighted by Crippen LogP contribution is 2.31. The zero-order valence-electron chi connectivity index (χ0n) is 11.4. The zero-order chi connectivity index (χ0) is 14.1. The summed E-state index contributed by atoms with van der Waals surface area (Å²) in [5, 5.41) is 11.3. The summed E-state index contributed by atoms with van der Waals surface area (Å²) in [6, 6.07) is 6.12. The molecule has 20 heavy (non-hydrogen) atoms. The normalized spacial score (nSPS) is 11.1. The summed E-state index contributed by atoms with van der Waals surface area (Å²) in [7, 11) is 0. The van der Waals surface area contributed by atoms with Crippen LogP contribution in [0.1, 0.15) is 31.2 Å². The Labute approximate surface area is 121 Å². The van der Waals surface area contributed by atoms with Crippen molar-refractivity contribution in [2.75, 3.05) is 0 Å². The minimum atomic E-state index is 0.356. The maximum atomic E-state index is 9.14. The number of pyridine rings is 1. The number of hydrogen-bond donors (Lipinski definition) is 0. The average Bonchev–Trinajstić information content (AvgIpc) is 3.00. The highest BCUT2D eigenvalue weighted by Gasteiger charge is 2.18. The van der Waals surface area contributed by atoms with E-state index in [1.165, 1.54) is 5.69 Å². The van der Waals surface area contributed by atoms with Crippen molar-refractivity contribution in [3.8, 4) is 17.3 Å². The molecule has 0 saturated heterocycles. The van der Waals surface area contributed by atoms with Gasteiger partial charge in [-0.05, 0) is 18.1 Å². The topological polar surface area (TPSA) is 54.0 Å². The second kappa shape index (κ2) is 5.06. The van der Waals surface area contributed by atoms with Crippen LogP contribution in [-0.4, -0.2) is 14.4 Å². The van der Waals surface area contributed by atoms with Crippen LogP contribution in [0, 0.1) is 11.3 Å². The van der Waals surface area contributed by atoms with Gasteiger partial charge in [0.1, 0.15) is 0 Å². The highest BCUT2D eigenvalue weighted by molar-refractivity contribution is 7.15. The fourth-order valence-electron chi connectivity index (χ4n) is 2.32. The fourth-order valence-corrected chi connectivity index (χ4v) is 3.38. The highest BCUT2D eigenvalue weighted by atomic mass is 32.1. The van der Waals surface area contributed by atoms with Crippen LogP contribution in [0.4, 0.5) is 0 Å². The van der Waals surface area contributed by atoms with Gasteiger partial charge in [0.15, 0.2) is 4.96 Å². The second-order valence-corrected chi connectivity index (χ2v) is 5.75. The van der Waals surface area contributed by atoms with Gasteiger partial charge < -0.3 is 0 Å². The standard InChI is InChI=1S/C15H14N4S/c1-10(2)13-9-20-15-18-14(11-4-7-17-8-5-11)12(3-6-16)19(13)15/h4-5,7-10H,3H2,1-2H3. The van der Waals surface area contributed by atoms with Crippen molar-refractivity contribution in [3.05, 3.63) is 41.3 Å². The Kier molecular flexibility index (Phi) is 3.25. The lowest BCUT2D eigenvalue weighted by Crippen LogP contribution is -1.99. The SMILES string of the molecule is CC(C)c1csc2nc(-c3ccncc3)c(CC#N)n12. The summed E-state index contributed by atoms with van der Waals surface area (Å²) in [4.78, 5) is 9.69. The van der Waals surface area contributed by atoms with Gasteiger partial charge in [0.25, 0.3) is 0 Å². The van der Waals surface area contributed by atoms with Crippen LogP contribution in [0.25, 0.3) is 16.2 Å². The quantitative estimate of drug-likeness (QED) is 0.737. The molecule has 100 valence electrons. The molecule has 0 amide bonds. The van der Waals surface area contributed by atoms with Gasteiger partial charge in [-0.3, -0.25) is 9.38 Å². The average molecular weight is 282 g/mol. The minimum Gasteiger partial charge on any atom is -0.290 e. The predicted octanol–water partition coefficient (Wildman–Crippen LogP) is 3.65. The van der Waals surface area contributed by atoms with Crippen molar-refractivity contribution < 1.29 is 0 Å². The van der Waals surface area contributed by atoms with E-state index >= 15 is 0 Å². The lowest BCUT2D eigenvalue weighted by molar-refractivity contribution is 0.799. The Bertz CT molecular complexity index is 777. The van der Waals surface area contributed by atoms with Crippen molar-refractivity contribution >= 4 is 16.3 Å². The molecule has 3 aromatic heterocycles. The summed E-state index contributed by atoms with van der Waals surface area (Å²) in [5.41, 5.74) is 4.08. The van der Waals surface area contributed by atoms with E-state index in [2.05, 4.69) is 34.7 Å². The van der Waals surface area contributed by atoms with Gasteiger partial charge >= 0.3 is 0 Å². The number of nitriles is 1. The largest absolute Gasteiger partial charge is 0.290 e. The third-order valence-corrected chi connectivity index (χ3v) is 4.12. The number of thiazole rings is 1. The van der Waals surface area contributed by atoms with E-state index < -0.39 is 0 Å². The molecule has 4 nitrogen and oxygen atoms in total. The summed E-state index contributed by atoms with van der Waals surface area (Å²) < 4.78 is 2.13. The van der Waals surface area contributed by atoms with Gasteiger partial charge in [0, 0.05) is 29.0 Å². The molecule has 0 aliphatic carbocycles. The van der Waals surface area contributed by atoms with Crippen LogP contribution in [-0.2, 0) is 6.42 Å². The van der Waals surface area contributed by atoms with Crippen LogP contribution < -0.4 is 0 Å². The number of imidazole rings is 1. The van der Waals surface area contributed by atoms with E-state index in [0.29, 0.717) is 12.3 Å². The molecule has 5 heteroatoms. The molecular formula is C15H14N4S. The first kappa shape index (κ1) is 12.8. The Morgan fingerprint density at radius 2 is 2.10 bits per heavy atom. The number of rotatable bonds is 3. The molecule has 0 fully saturated rings. The maximum Gasteiger partial charge on any atom is 0.194 e. The summed E-state index contributed by atoms with van der Waals surface area (Å²) in [5.74, 6) is 0.403. The smallest absolute Gasteiger partial charge is 0.194 e. The van der Waals surface area contributed by atoms with Crippen LogP contribution in [0.5, 0.6) is 0 Å². The Hall–Kier alpha value is -2.19. The molecule has 0 bridgehead atoms. The number of fused-ring (bicyclic) bond motifs is 1. The molecular weight excluding hydrogens is 268 g/mol. The van der Waals surface area contributed by atoms with Crippen LogP contribution in [0.15, 0.2) is 29.9 Å². The van der Waals surface area contributed by atoms with E-state index in [-0.39, 0.29) is 0 Å². The van der Waals surface area contributed by atoms with Gasteiger partial charge in [-0.15, -0.1) is 11.3 Å². The lowest BCUT2D eigenvalue weighted by Gasteiger charge is -2.06. The Morgan fingerprint density at radius 3 is 2.75 bits per heavy atom. The Morgan fingerprint density at radius 1 is 1.35 bits per heavy atom. The number of hydrogen-bond acceptors (Lipinski definition) is 4. The summed E-state index contributed by atoms with van der Waals surface area (Å²) in [6.07, 6.45) is 3.86. The first-order valence-corrected chi connectivity index (χ1v) is 7.36. The van der Waals surface area contributed by atoms with E-state index in [1.54, 1.807) is 23.7 Å². The van der Waals surface area contributed by atoms with Crippen LogP contribution >= 0.6 is 11.3 Å². The van der Waals surface area contributed by atoms with Gasteiger partial charge in [-0.25, -0.2) is 4.98 Å². The first-order chi connectivity index (χ1) is 9.72. The number of nitrogens with zero attached hydrogens (tertiary/aromatic N) is 4. The van der Waals surface area contributed by atoms with E-state index in [1.807, 2.05) is 12.1 Å². The molecule has 0 unspecified atom stereocenters. The maximum absolute atomic E-state index is 9.14. The molecule has 3 aromatic rings. The minimum absolute atomic E-state index is 0.356. The van der Waals surface area contributed by atoms with Crippen LogP contribution in [0.3, 0.4) is 0 Å². The fraction of sp³-hybridized carbons (Fsp3) is 0.267. The van der Waals surface area contributed by atoms with Crippen molar-refractivity contribution in [1.29, 1.82) is 5.26 Å². The van der Waals surface area contributed by atoms with Crippen molar-refractivity contribution in [2.24, 2.45) is 0 Å². The molecule has 0 aliphatic rings. The van der Waals surface area contributed by atoms with E-state index in [4.69, 9.17) is 10.2 Å². The molecule has 0 saturated carbocycles. The predicted molar refractivity (Wildman–Crippen MR) is 79.7 cm³/mol. The number of aromatic nitrogens is 3. The molecule has 3 heterocycles. The Balaban J connectivity index is 2.28. The lowest BCUT2D eigenvalue weighted by atomic mass is 10.1. The third-order valence-electron chi connectivity index (χ3n) is 3.28. The molecule has 0 N–H and O–H groups in total. The van der Waals surface area contributed by atoms with E-state index in [9.17, 15) is 0 Å².